The fourth-order valence-corrected chi connectivity index (χ4v) is 6.11. The monoisotopic (exact) mass is 722 g/mol. The van der Waals surface area contributed by atoms with Crippen molar-refractivity contribution in [2.45, 2.75) is 73.2 Å². The van der Waals surface area contributed by atoms with Gasteiger partial charge in [0.1, 0.15) is 5.60 Å². The Morgan fingerprint density at radius 2 is 1.02 bits per heavy atom. The number of nitrogens with zero attached hydrogens (tertiary/aromatic N) is 10. The molecular weight excluding hydrogens is 673 g/mol. The lowest BCUT2D eigenvalue weighted by atomic mass is 9.93. The first-order chi connectivity index (χ1) is 28.2. The fourth-order valence-electron chi connectivity index (χ4n) is 6.11. The van der Waals surface area contributed by atoms with Gasteiger partial charge in [0.05, 0.1) is 47.6 Å². The largest absolute Gasteiger partial charge is 0.384 e. The minimum atomic E-state index is -2.64. The molecule has 0 spiro atoms. The van der Waals surface area contributed by atoms with Crippen molar-refractivity contribution in [3.8, 4) is 44.8 Å². The third-order valence-corrected chi connectivity index (χ3v) is 9.34. The number of hydrogen-bond acceptors (Lipinski definition) is 9. The van der Waals surface area contributed by atoms with Crippen LogP contribution in [0, 0.1) is 27.7 Å². The van der Waals surface area contributed by atoms with Gasteiger partial charge in [-0.2, -0.15) is 19.2 Å². The van der Waals surface area contributed by atoms with Gasteiger partial charge in [-0.15, -0.1) is 0 Å². The van der Waals surface area contributed by atoms with Crippen LogP contribution in [0.2, 0.25) is 0 Å². The lowest BCUT2D eigenvalue weighted by Gasteiger charge is -2.16. The summed E-state index contributed by atoms with van der Waals surface area (Å²) < 4.78 is 49.2. The number of hydrogen-bond donors (Lipinski definition) is 1. The van der Waals surface area contributed by atoms with Gasteiger partial charge in [0, 0.05) is 60.7 Å². The van der Waals surface area contributed by atoms with E-state index in [1.807, 2.05) is 56.6 Å². The Labute approximate surface area is 323 Å². The topological polar surface area (TPSA) is 132 Å². The van der Waals surface area contributed by atoms with Crippen molar-refractivity contribution in [1.29, 1.82) is 0 Å². The Morgan fingerprint density at radius 3 is 1.48 bits per heavy atom. The standard InChI is InChI=1S/C22H23N5.C21H21N5O/c1-14-6-7-16(10-17(14)18-11-23-9-8-15(18)2)19-12-24-21-26-20(22(3,4)5)13-25-27(19)21;1-13-5-6-15(9-16(13)17-10-22-8-7-14(17)2)18-11-23-20-25-19(21(3,4)27)12-24-26(18)20/h6-13H,1-5H3;5-12,27H,1-4H3/i2*3D3. The van der Waals surface area contributed by atoms with E-state index in [-0.39, 0.29) is 11.5 Å². The molecule has 0 aliphatic heterocycles. The van der Waals surface area contributed by atoms with E-state index in [1.54, 1.807) is 43.2 Å². The molecule has 0 amide bonds. The predicted molar refractivity (Wildman–Crippen MR) is 212 cm³/mol. The lowest BCUT2D eigenvalue weighted by Crippen LogP contribution is -2.19. The second-order valence-corrected chi connectivity index (χ2v) is 14.1. The number of aromatic nitrogens is 10. The number of rotatable bonds is 5. The quantitative estimate of drug-likeness (QED) is 0.186. The van der Waals surface area contributed by atoms with Crippen molar-refractivity contribution in [3.63, 3.8) is 0 Å². The Kier molecular flexibility index (Phi) is 7.58. The van der Waals surface area contributed by atoms with Gasteiger partial charge in [-0.05, 0) is 99.1 Å². The Hall–Kier alpha value is -6.20. The summed E-state index contributed by atoms with van der Waals surface area (Å²) in [7, 11) is 0. The zero-order valence-corrected chi connectivity index (χ0v) is 31.2. The van der Waals surface area contributed by atoms with Gasteiger partial charge in [0.2, 0.25) is 0 Å². The molecule has 0 saturated heterocycles. The minimum Gasteiger partial charge on any atom is -0.384 e. The zero-order valence-electron chi connectivity index (χ0n) is 37.2. The number of imidazole rings is 2. The number of pyridine rings is 2. The molecular formula is C43H44N10O. The van der Waals surface area contributed by atoms with Crippen molar-refractivity contribution in [2.24, 2.45) is 0 Å². The summed E-state index contributed by atoms with van der Waals surface area (Å²) in [4.78, 5) is 25.9. The first kappa shape index (κ1) is 29.3. The maximum atomic E-state index is 10.4. The molecule has 0 bridgehead atoms. The van der Waals surface area contributed by atoms with Gasteiger partial charge >= 0.3 is 0 Å². The van der Waals surface area contributed by atoms with Crippen molar-refractivity contribution in [1.82, 2.24) is 49.1 Å². The van der Waals surface area contributed by atoms with Crippen molar-refractivity contribution in [3.05, 3.63) is 132 Å². The number of fused-ring (bicyclic) bond motifs is 2. The maximum absolute atomic E-state index is 10.4. The average Bonchev–Trinajstić information content (AvgIpc) is 3.83. The third kappa shape index (κ3) is 7.10. The molecule has 6 aromatic heterocycles. The van der Waals surface area contributed by atoms with Crippen LogP contribution in [0.25, 0.3) is 56.3 Å². The van der Waals surface area contributed by atoms with Gasteiger partial charge in [-0.1, -0.05) is 45.0 Å². The molecule has 8 aromatic rings. The van der Waals surface area contributed by atoms with Gasteiger partial charge in [-0.25, -0.2) is 19.9 Å². The van der Waals surface area contributed by atoms with Crippen molar-refractivity contribution in [2.75, 3.05) is 0 Å². The van der Waals surface area contributed by atoms with E-state index in [0.717, 1.165) is 61.3 Å². The fraction of sp³-hybridized carbons (Fsp3) is 0.256. The van der Waals surface area contributed by atoms with E-state index in [4.69, 9.17) is 8.22 Å². The van der Waals surface area contributed by atoms with E-state index in [1.165, 1.54) is 23.8 Å². The summed E-state index contributed by atoms with van der Waals surface area (Å²) in [6.07, 6.45) is 13.4. The summed E-state index contributed by atoms with van der Waals surface area (Å²) >= 11 is 0. The number of aliphatic hydroxyl groups is 1. The van der Waals surface area contributed by atoms with Crippen molar-refractivity contribution >= 4 is 11.6 Å². The van der Waals surface area contributed by atoms with Crippen LogP contribution in [0.3, 0.4) is 0 Å². The highest BCUT2D eigenvalue weighted by molar-refractivity contribution is 5.77. The molecule has 2 aromatic carbocycles. The second-order valence-electron chi connectivity index (χ2n) is 14.1. The van der Waals surface area contributed by atoms with E-state index in [9.17, 15) is 5.11 Å². The normalized spacial score (nSPS) is 14.9. The third-order valence-electron chi connectivity index (χ3n) is 9.34. The molecule has 1 unspecified atom stereocenters. The molecule has 11 nitrogen and oxygen atoms in total. The van der Waals surface area contributed by atoms with Crippen LogP contribution in [0.15, 0.2) is 98.1 Å². The number of benzene rings is 2. The predicted octanol–water partition coefficient (Wildman–Crippen LogP) is 8.47. The summed E-state index contributed by atoms with van der Waals surface area (Å²) in [5.41, 5.74) is 9.26. The lowest BCUT2D eigenvalue weighted by molar-refractivity contribution is 0.0734. The van der Waals surface area contributed by atoms with Gasteiger partial charge in [0.15, 0.2) is 0 Å². The molecule has 1 atom stereocenters. The summed E-state index contributed by atoms with van der Waals surface area (Å²) in [5, 5.41) is 19.2. The van der Waals surface area contributed by atoms with Gasteiger partial charge in [-0.3, -0.25) is 9.97 Å². The molecule has 0 saturated carbocycles. The SMILES string of the molecule is [2H]C([2H])([2H])C(C)(C)c1cnn2c(-c3ccc(C)c(-c4cnccc4C)c3)cnc2n1.[2H]C([2H])([2H])C(C)(O)c1cnn2c(-c3ccc(C)c(-c4cnccc4C)c3)cnc2n1. The molecule has 11 heteroatoms. The Balaban J connectivity index is 0.000000181. The van der Waals surface area contributed by atoms with Crippen LogP contribution in [-0.2, 0) is 11.0 Å². The van der Waals surface area contributed by atoms with Crippen LogP contribution in [-0.4, -0.2) is 54.2 Å². The molecule has 8 rings (SSSR count). The van der Waals surface area contributed by atoms with Crippen LogP contribution in [0.4, 0.5) is 0 Å². The first-order valence-corrected chi connectivity index (χ1v) is 17.4. The van der Waals surface area contributed by atoms with Crippen LogP contribution < -0.4 is 0 Å². The van der Waals surface area contributed by atoms with Crippen LogP contribution in [0.1, 0.15) is 76.3 Å². The summed E-state index contributed by atoms with van der Waals surface area (Å²) in [6, 6.07) is 16.2. The van der Waals surface area contributed by atoms with Gasteiger partial charge in [0.25, 0.3) is 11.6 Å². The minimum absolute atomic E-state index is 0.0530. The highest BCUT2D eigenvalue weighted by atomic mass is 16.3. The van der Waals surface area contributed by atoms with E-state index >= 15 is 0 Å². The summed E-state index contributed by atoms with van der Waals surface area (Å²) in [6.45, 7) is 7.89. The summed E-state index contributed by atoms with van der Waals surface area (Å²) in [5.74, 6) is 0.589. The smallest absolute Gasteiger partial charge is 0.251 e. The first-order valence-electron chi connectivity index (χ1n) is 20.4. The van der Waals surface area contributed by atoms with Crippen molar-refractivity contribution < 1.29 is 13.3 Å². The molecule has 0 aliphatic rings. The molecule has 0 radical (unpaired) electrons. The molecule has 272 valence electrons. The molecule has 0 aliphatic carbocycles. The zero-order chi connectivity index (χ0) is 43.4. The second kappa shape index (κ2) is 14.0. The molecule has 54 heavy (non-hydrogen) atoms. The Bertz CT molecular complexity index is 2680. The molecule has 6 heterocycles. The Morgan fingerprint density at radius 1 is 0.556 bits per heavy atom. The van der Waals surface area contributed by atoms with Gasteiger partial charge < -0.3 is 5.11 Å². The average molecular weight is 723 g/mol. The van der Waals surface area contributed by atoms with E-state index in [2.05, 4.69) is 72.1 Å². The highest BCUT2D eigenvalue weighted by Crippen LogP contribution is 2.33. The van der Waals surface area contributed by atoms with Crippen LogP contribution in [0.5, 0.6) is 0 Å². The molecule has 1 N–H and O–H groups in total. The molecule has 0 fully saturated rings. The van der Waals surface area contributed by atoms with E-state index in [0.29, 0.717) is 17.2 Å². The van der Waals surface area contributed by atoms with E-state index < -0.39 is 24.7 Å². The highest BCUT2D eigenvalue weighted by Gasteiger charge is 2.21. The maximum Gasteiger partial charge on any atom is 0.251 e. The number of aryl methyl sites for hydroxylation is 4. The van der Waals surface area contributed by atoms with Crippen LogP contribution >= 0.6 is 0 Å².